The van der Waals surface area contributed by atoms with Crippen LogP contribution in [0.15, 0.2) is 12.5 Å². The summed E-state index contributed by atoms with van der Waals surface area (Å²) in [4.78, 5) is 18.1. The molecular weight excluding hydrogens is 294 g/mol. The Kier molecular flexibility index (Phi) is 5.04. The minimum absolute atomic E-state index is 0.267. The highest BCUT2D eigenvalue weighted by molar-refractivity contribution is 5.68. The highest BCUT2D eigenvalue weighted by Crippen LogP contribution is 2.27. The summed E-state index contributed by atoms with van der Waals surface area (Å²) in [5, 5.41) is 0. The number of carbonyl (C=O) groups excluding carboxylic acids is 1. The van der Waals surface area contributed by atoms with Gasteiger partial charge >= 0.3 is 6.09 Å². The van der Waals surface area contributed by atoms with E-state index in [9.17, 15) is 4.79 Å². The molecule has 130 valence electrons. The van der Waals surface area contributed by atoms with Crippen LogP contribution in [0.25, 0.3) is 0 Å². The number of likely N-dealkylation sites (tertiary alicyclic amines) is 1. The van der Waals surface area contributed by atoms with Crippen molar-refractivity contribution in [2.45, 2.75) is 71.8 Å². The van der Waals surface area contributed by atoms with Gasteiger partial charge in [-0.3, -0.25) is 0 Å². The van der Waals surface area contributed by atoms with Crippen molar-refractivity contribution in [3.05, 3.63) is 18.2 Å². The zero-order valence-electron chi connectivity index (χ0n) is 15.1. The molecule has 6 nitrogen and oxygen atoms in total. The van der Waals surface area contributed by atoms with Crippen LogP contribution in [0.2, 0.25) is 0 Å². The van der Waals surface area contributed by atoms with E-state index in [-0.39, 0.29) is 11.7 Å². The van der Waals surface area contributed by atoms with Crippen LogP contribution in [-0.4, -0.2) is 44.8 Å². The molecule has 2 heterocycles. The van der Waals surface area contributed by atoms with Crippen molar-refractivity contribution in [1.29, 1.82) is 0 Å². The van der Waals surface area contributed by atoms with Gasteiger partial charge in [0.2, 0.25) is 0 Å². The molecule has 1 fully saturated rings. The highest BCUT2D eigenvalue weighted by atomic mass is 16.6. The molecule has 0 spiro atoms. The highest BCUT2D eigenvalue weighted by Gasteiger charge is 2.38. The Hall–Kier alpha value is -1.56. The molecular formula is C17H29N3O3. The first-order valence-electron chi connectivity index (χ1n) is 8.22. The van der Waals surface area contributed by atoms with Crippen molar-refractivity contribution in [2.24, 2.45) is 0 Å². The Morgan fingerprint density at radius 3 is 2.74 bits per heavy atom. The van der Waals surface area contributed by atoms with Gasteiger partial charge in [0.1, 0.15) is 5.60 Å². The molecule has 6 heteroatoms. The quantitative estimate of drug-likeness (QED) is 0.852. The molecule has 0 saturated carbocycles. The summed E-state index contributed by atoms with van der Waals surface area (Å²) < 4.78 is 13.7. The molecule has 0 aliphatic carbocycles. The Bertz CT molecular complexity index is 548. The maximum absolute atomic E-state index is 12.2. The van der Waals surface area contributed by atoms with Gasteiger partial charge in [0.15, 0.2) is 0 Å². The maximum Gasteiger partial charge on any atom is 0.410 e. The summed E-state index contributed by atoms with van der Waals surface area (Å²) in [6, 6.07) is 0.353. The van der Waals surface area contributed by atoms with Crippen LogP contribution >= 0.6 is 0 Å². The number of imidazole rings is 1. The van der Waals surface area contributed by atoms with Crippen LogP contribution < -0.4 is 0 Å². The van der Waals surface area contributed by atoms with Crippen molar-refractivity contribution in [2.75, 3.05) is 13.1 Å². The second kappa shape index (κ2) is 6.51. The lowest BCUT2D eigenvalue weighted by molar-refractivity contribution is -0.0398. The summed E-state index contributed by atoms with van der Waals surface area (Å²) in [5.74, 6) is 0. The Morgan fingerprint density at radius 1 is 1.43 bits per heavy atom. The second-order valence-corrected chi connectivity index (χ2v) is 7.78. The SMILES string of the molecule is CC(C)n1cncc1COC1(C)CCN(C(=O)OC(C)(C)C)C1. The Labute approximate surface area is 138 Å². The minimum Gasteiger partial charge on any atom is -0.444 e. The zero-order valence-corrected chi connectivity index (χ0v) is 15.1. The van der Waals surface area contributed by atoms with Crippen molar-refractivity contribution in [3.63, 3.8) is 0 Å². The Morgan fingerprint density at radius 2 is 2.13 bits per heavy atom. The molecule has 23 heavy (non-hydrogen) atoms. The van der Waals surface area contributed by atoms with Gasteiger partial charge < -0.3 is 18.9 Å². The van der Waals surface area contributed by atoms with E-state index in [0.29, 0.717) is 25.7 Å². The zero-order chi connectivity index (χ0) is 17.3. The van der Waals surface area contributed by atoms with Crippen molar-refractivity contribution < 1.29 is 14.3 Å². The van der Waals surface area contributed by atoms with Crippen molar-refractivity contribution >= 4 is 6.09 Å². The standard InChI is InChI=1S/C17H29N3O3/c1-13(2)20-12-18-9-14(20)10-22-17(6)7-8-19(11-17)15(21)23-16(3,4)5/h9,12-13H,7-8,10-11H2,1-6H3. The smallest absolute Gasteiger partial charge is 0.410 e. The molecule has 2 rings (SSSR count). The molecule has 1 aromatic rings. The second-order valence-electron chi connectivity index (χ2n) is 7.78. The molecule has 0 N–H and O–H groups in total. The fraction of sp³-hybridized carbons (Fsp3) is 0.765. The van der Waals surface area contributed by atoms with E-state index in [2.05, 4.69) is 23.4 Å². The molecule has 1 atom stereocenters. The number of nitrogens with zero attached hydrogens (tertiary/aromatic N) is 3. The van der Waals surface area contributed by atoms with Crippen LogP contribution in [0.4, 0.5) is 4.79 Å². The van der Waals surface area contributed by atoms with Gasteiger partial charge in [-0.2, -0.15) is 0 Å². The molecule has 1 saturated heterocycles. The van der Waals surface area contributed by atoms with Gasteiger partial charge in [0, 0.05) is 12.6 Å². The van der Waals surface area contributed by atoms with Gasteiger partial charge in [0.25, 0.3) is 0 Å². The Balaban J connectivity index is 1.91. The van der Waals surface area contributed by atoms with E-state index in [4.69, 9.17) is 9.47 Å². The largest absolute Gasteiger partial charge is 0.444 e. The van der Waals surface area contributed by atoms with Gasteiger partial charge in [0.05, 0.1) is 37.0 Å². The third-order valence-electron chi connectivity index (χ3n) is 3.96. The average Bonchev–Trinajstić information content (AvgIpc) is 3.01. The van der Waals surface area contributed by atoms with Gasteiger partial charge in [-0.15, -0.1) is 0 Å². The third kappa shape index (κ3) is 4.70. The molecule has 1 aliphatic heterocycles. The molecule has 1 amide bonds. The normalized spacial score (nSPS) is 22.0. The lowest BCUT2D eigenvalue weighted by Crippen LogP contribution is -2.39. The van der Waals surface area contributed by atoms with Crippen molar-refractivity contribution in [1.82, 2.24) is 14.5 Å². The fourth-order valence-electron chi connectivity index (χ4n) is 2.69. The molecule has 1 aromatic heterocycles. The van der Waals surface area contributed by atoms with Crippen LogP contribution in [0, 0.1) is 0 Å². The van der Waals surface area contributed by atoms with E-state index in [1.165, 1.54) is 0 Å². The number of ether oxygens (including phenoxy) is 2. The molecule has 1 aliphatic rings. The van der Waals surface area contributed by atoms with E-state index in [1.54, 1.807) is 4.90 Å². The number of hydrogen-bond acceptors (Lipinski definition) is 4. The number of aromatic nitrogens is 2. The number of hydrogen-bond donors (Lipinski definition) is 0. The summed E-state index contributed by atoms with van der Waals surface area (Å²) in [6.45, 7) is 13.6. The van der Waals surface area contributed by atoms with E-state index < -0.39 is 5.60 Å². The summed E-state index contributed by atoms with van der Waals surface area (Å²) in [7, 11) is 0. The first-order valence-corrected chi connectivity index (χ1v) is 8.22. The molecule has 0 aromatic carbocycles. The molecule has 1 unspecified atom stereocenters. The number of amides is 1. The first-order chi connectivity index (χ1) is 10.6. The lowest BCUT2D eigenvalue weighted by atomic mass is 10.1. The minimum atomic E-state index is -0.472. The van der Waals surface area contributed by atoms with E-state index >= 15 is 0 Å². The van der Waals surface area contributed by atoms with Gasteiger partial charge in [-0.1, -0.05) is 0 Å². The van der Waals surface area contributed by atoms with Crippen LogP contribution in [0.5, 0.6) is 0 Å². The predicted molar refractivity (Wildman–Crippen MR) is 88.2 cm³/mol. The lowest BCUT2D eigenvalue weighted by Gasteiger charge is -2.27. The third-order valence-corrected chi connectivity index (χ3v) is 3.96. The summed E-state index contributed by atoms with van der Waals surface area (Å²) in [6.07, 6.45) is 4.20. The predicted octanol–water partition coefficient (Wildman–Crippen LogP) is 3.38. The van der Waals surface area contributed by atoms with Crippen LogP contribution in [0.3, 0.4) is 0 Å². The summed E-state index contributed by atoms with van der Waals surface area (Å²) >= 11 is 0. The molecule has 0 bridgehead atoms. The van der Waals surface area contributed by atoms with Gasteiger partial charge in [-0.25, -0.2) is 9.78 Å². The topological polar surface area (TPSA) is 56.6 Å². The number of carbonyl (C=O) groups is 1. The average molecular weight is 323 g/mol. The fourth-order valence-corrected chi connectivity index (χ4v) is 2.69. The van der Waals surface area contributed by atoms with Crippen LogP contribution in [0.1, 0.15) is 59.7 Å². The summed E-state index contributed by atoms with van der Waals surface area (Å²) in [5.41, 5.74) is 0.237. The maximum atomic E-state index is 12.2. The van der Waals surface area contributed by atoms with Gasteiger partial charge in [-0.05, 0) is 48.0 Å². The van der Waals surface area contributed by atoms with E-state index in [0.717, 1.165) is 12.1 Å². The first kappa shape index (κ1) is 17.8. The van der Waals surface area contributed by atoms with E-state index in [1.807, 2.05) is 40.2 Å². The molecule has 0 radical (unpaired) electrons. The van der Waals surface area contributed by atoms with Crippen LogP contribution in [-0.2, 0) is 16.1 Å². The monoisotopic (exact) mass is 323 g/mol. The number of rotatable bonds is 4. The van der Waals surface area contributed by atoms with Crippen molar-refractivity contribution in [3.8, 4) is 0 Å².